The van der Waals surface area contributed by atoms with Gasteiger partial charge in [-0.05, 0) is 62.8 Å². The number of ether oxygens (including phenoxy) is 2. The summed E-state index contributed by atoms with van der Waals surface area (Å²) in [7, 11) is 0. The molecule has 0 fully saturated rings. The number of allylic oxidation sites excluding steroid dienone is 4. The summed E-state index contributed by atoms with van der Waals surface area (Å²) in [5.74, 6) is 1.25. The van der Waals surface area contributed by atoms with Crippen molar-refractivity contribution in [2.75, 3.05) is 6.61 Å². The van der Waals surface area contributed by atoms with Crippen molar-refractivity contribution in [2.24, 2.45) is 0 Å². The number of benzene rings is 2. The Kier molecular flexibility index (Phi) is 6.27. The van der Waals surface area contributed by atoms with E-state index in [9.17, 15) is 9.59 Å². The summed E-state index contributed by atoms with van der Waals surface area (Å²) in [6.45, 7) is 4.94. The fourth-order valence-electron chi connectivity index (χ4n) is 5.37. The maximum absolute atomic E-state index is 13.1. The third-order valence-corrected chi connectivity index (χ3v) is 6.87. The summed E-state index contributed by atoms with van der Waals surface area (Å²) >= 11 is 0. The Morgan fingerprint density at radius 1 is 0.853 bits per heavy atom. The van der Waals surface area contributed by atoms with Gasteiger partial charge in [0.1, 0.15) is 6.61 Å². The number of nitrogens with one attached hydrogen (secondary N) is 1. The van der Waals surface area contributed by atoms with Crippen LogP contribution in [0.4, 0.5) is 0 Å². The van der Waals surface area contributed by atoms with Gasteiger partial charge in [0.05, 0.1) is 6.61 Å². The molecule has 1 heterocycles. The van der Waals surface area contributed by atoms with Gasteiger partial charge in [0.25, 0.3) is 0 Å². The molecule has 0 unspecified atom stereocenters. The molecule has 5 nitrogen and oxygen atoms in total. The van der Waals surface area contributed by atoms with Crippen molar-refractivity contribution in [3.8, 4) is 11.5 Å². The third kappa shape index (κ3) is 4.27. The largest absolute Gasteiger partial charge is 0.490 e. The first-order valence-electron chi connectivity index (χ1n) is 12.3. The zero-order valence-electron chi connectivity index (χ0n) is 19.9. The second-order valence-electron chi connectivity index (χ2n) is 9.31. The van der Waals surface area contributed by atoms with E-state index >= 15 is 0 Å². The zero-order chi connectivity index (χ0) is 23.7. The Bertz CT molecular complexity index is 1160. The molecule has 0 amide bonds. The predicted octanol–water partition coefficient (Wildman–Crippen LogP) is 5.67. The van der Waals surface area contributed by atoms with Gasteiger partial charge < -0.3 is 14.8 Å². The minimum absolute atomic E-state index is 0.140. The molecule has 0 saturated heterocycles. The van der Waals surface area contributed by atoms with E-state index in [2.05, 4.69) is 24.4 Å². The maximum Gasteiger partial charge on any atom is 0.161 e. The molecule has 2 aromatic rings. The van der Waals surface area contributed by atoms with Crippen LogP contribution < -0.4 is 14.8 Å². The minimum Gasteiger partial charge on any atom is -0.490 e. The van der Waals surface area contributed by atoms with Crippen LogP contribution in [-0.2, 0) is 16.2 Å². The van der Waals surface area contributed by atoms with Crippen LogP contribution in [0.2, 0.25) is 0 Å². The summed E-state index contributed by atoms with van der Waals surface area (Å²) in [6.07, 6.45) is 4.46. The van der Waals surface area contributed by atoms with Gasteiger partial charge in [-0.25, -0.2) is 0 Å². The van der Waals surface area contributed by atoms with Gasteiger partial charge in [-0.3, -0.25) is 9.59 Å². The van der Waals surface area contributed by atoms with E-state index in [4.69, 9.17) is 9.47 Å². The fraction of sp³-hybridized carbons (Fsp3) is 0.379. The summed E-state index contributed by atoms with van der Waals surface area (Å²) in [6, 6.07) is 14.1. The van der Waals surface area contributed by atoms with Crippen molar-refractivity contribution in [3.05, 3.63) is 81.7 Å². The highest BCUT2D eigenvalue weighted by molar-refractivity contribution is 6.06. The molecule has 2 aromatic carbocycles. The Hall–Kier alpha value is -3.34. The number of hydrogen-bond donors (Lipinski definition) is 1. The second kappa shape index (κ2) is 9.49. The normalized spacial score (nSPS) is 18.4. The van der Waals surface area contributed by atoms with E-state index in [0.29, 0.717) is 37.6 Å². The van der Waals surface area contributed by atoms with Crippen molar-refractivity contribution >= 4 is 11.6 Å². The molecule has 0 atom stereocenters. The zero-order valence-corrected chi connectivity index (χ0v) is 19.9. The molecule has 0 spiro atoms. The molecule has 5 heteroatoms. The molecule has 3 aliphatic rings. The Labute approximate surface area is 200 Å². The molecule has 176 valence electrons. The van der Waals surface area contributed by atoms with Crippen LogP contribution in [0.15, 0.2) is 65.0 Å². The molecular weight excluding hydrogens is 426 g/mol. The van der Waals surface area contributed by atoms with Gasteiger partial charge >= 0.3 is 0 Å². The summed E-state index contributed by atoms with van der Waals surface area (Å²) in [5.41, 5.74) is 6.70. The third-order valence-electron chi connectivity index (χ3n) is 6.87. The fourth-order valence-corrected chi connectivity index (χ4v) is 5.37. The van der Waals surface area contributed by atoms with Crippen molar-refractivity contribution in [3.63, 3.8) is 0 Å². The van der Waals surface area contributed by atoms with Gasteiger partial charge in [-0.1, -0.05) is 35.9 Å². The number of dihydropyridines is 1. The smallest absolute Gasteiger partial charge is 0.161 e. The van der Waals surface area contributed by atoms with E-state index in [-0.39, 0.29) is 17.5 Å². The molecule has 1 aliphatic heterocycles. The van der Waals surface area contributed by atoms with E-state index in [0.717, 1.165) is 59.4 Å². The molecule has 1 N–H and O–H groups in total. The molecule has 0 radical (unpaired) electrons. The number of carbonyl (C=O) groups is 2. The molecule has 5 rings (SSSR count). The minimum atomic E-state index is -0.336. The van der Waals surface area contributed by atoms with Crippen LogP contribution in [0.1, 0.15) is 68.1 Å². The van der Waals surface area contributed by atoms with E-state index in [1.807, 2.05) is 37.3 Å². The van der Waals surface area contributed by atoms with Crippen LogP contribution in [0.25, 0.3) is 0 Å². The lowest BCUT2D eigenvalue weighted by Gasteiger charge is -2.37. The van der Waals surface area contributed by atoms with E-state index in [1.54, 1.807) is 0 Å². The SMILES string of the molecule is CCOc1cc(C2C3=C(CCCC3=O)NC3=C2C(=O)CCC3)ccc1OCc1cccc(C)c1. The molecule has 2 aliphatic carbocycles. The topological polar surface area (TPSA) is 64.6 Å². The van der Waals surface area contributed by atoms with Gasteiger partial charge in [0.15, 0.2) is 23.1 Å². The summed E-state index contributed by atoms with van der Waals surface area (Å²) < 4.78 is 12.1. The first-order chi connectivity index (χ1) is 16.5. The second-order valence-corrected chi connectivity index (χ2v) is 9.31. The van der Waals surface area contributed by atoms with Crippen LogP contribution in [0.5, 0.6) is 11.5 Å². The number of carbonyl (C=O) groups excluding carboxylic acids is 2. The molecule has 34 heavy (non-hydrogen) atoms. The number of aryl methyl sites for hydroxylation is 1. The van der Waals surface area contributed by atoms with Crippen molar-refractivity contribution in [1.82, 2.24) is 5.32 Å². The molecule has 0 bridgehead atoms. The summed E-state index contributed by atoms with van der Waals surface area (Å²) in [4.78, 5) is 26.1. The number of rotatable bonds is 6. The van der Waals surface area contributed by atoms with Crippen LogP contribution in [0, 0.1) is 6.92 Å². The van der Waals surface area contributed by atoms with Gasteiger partial charge in [-0.2, -0.15) is 0 Å². The quantitative estimate of drug-likeness (QED) is 0.605. The first-order valence-corrected chi connectivity index (χ1v) is 12.3. The van der Waals surface area contributed by atoms with Gasteiger partial charge in [0, 0.05) is 41.3 Å². The first kappa shape index (κ1) is 22.5. The van der Waals surface area contributed by atoms with Crippen LogP contribution >= 0.6 is 0 Å². The van der Waals surface area contributed by atoms with Gasteiger partial charge in [0.2, 0.25) is 0 Å². The van der Waals surface area contributed by atoms with Crippen molar-refractivity contribution < 1.29 is 19.1 Å². The van der Waals surface area contributed by atoms with Crippen LogP contribution in [-0.4, -0.2) is 18.2 Å². The average Bonchev–Trinajstić information content (AvgIpc) is 2.83. The molecule has 0 aromatic heterocycles. The van der Waals surface area contributed by atoms with Crippen molar-refractivity contribution in [1.29, 1.82) is 0 Å². The highest BCUT2D eigenvalue weighted by Gasteiger charge is 2.40. The number of hydrogen-bond acceptors (Lipinski definition) is 5. The number of ketones is 2. The predicted molar refractivity (Wildman–Crippen MR) is 131 cm³/mol. The maximum atomic E-state index is 13.1. The van der Waals surface area contributed by atoms with Gasteiger partial charge in [-0.15, -0.1) is 0 Å². The lowest BCUT2D eigenvalue weighted by atomic mass is 9.71. The lowest BCUT2D eigenvalue weighted by molar-refractivity contribution is -0.116. The Morgan fingerprint density at radius 2 is 1.56 bits per heavy atom. The monoisotopic (exact) mass is 457 g/mol. The average molecular weight is 458 g/mol. The summed E-state index contributed by atoms with van der Waals surface area (Å²) in [5, 5.41) is 3.47. The highest BCUT2D eigenvalue weighted by atomic mass is 16.5. The highest BCUT2D eigenvalue weighted by Crippen LogP contribution is 2.46. The van der Waals surface area contributed by atoms with Crippen LogP contribution in [0.3, 0.4) is 0 Å². The molecule has 0 saturated carbocycles. The Morgan fingerprint density at radius 3 is 2.21 bits per heavy atom. The Balaban J connectivity index is 1.53. The van der Waals surface area contributed by atoms with E-state index in [1.165, 1.54) is 5.56 Å². The number of Topliss-reactive ketones (excluding diaryl/α,β-unsaturated/α-hetero) is 2. The lowest BCUT2D eigenvalue weighted by Crippen LogP contribution is -2.36. The van der Waals surface area contributed by atoms with E-state index < -0.39 is 0 Å². The molecular formula is C29H31NO4. The standard InChI is InChI=1S/C29H31NO4/c1-3-33-26-16-20(13-14-25(26)34-17-19-8-4-7-18(2)15-19)27-28-21(9-5-11-23(28)31)30-22-10-6-12-24(32)29(22)27/h4,7-8,13-16,27,30H,3,5-6,9-12,17H2,1-2H3. The van der Waals surface area contributed by atoms with Crippen molar-refractivity contribution in [2.45, 2.75) is 64.9 Å².